The quantitative estimate of drug-likeness (QED) is 0.812. The first-order valence-electron chi connectivity index (χ1n) is 4.78. The molecule has 2 rings (SSSR count). The van der Waals surface area contributed by atoms with Gasteiger partial charge in [-0.1, -0.05) is 0 Å². The minimum absolute atomic E-state index is 0.0884. The van der Waals surface area contributed by atoms with E-state index in [-0.39, 0.29) is 5.91 Å². The van der Waals surface area contributed by atoms with E-state index < -0.39 is 0 Å². The average molecular weight is 217 g/mol. The average Bonchev–Trinajstić information content (AvgIpc) is 2.69. The third kappa shape index (κ3) is 2.05. The van der Waals surface area contributed by atoms with Gasteiger partial charge in [-0.3, -0.25) is 4.79 Å². The molecule has 0 spiro atoms. The summed E-state index contributed by atoms with van der Waals surface area (Å²) in [5.74, 6) is -0.0884. The van der Waals surface area contributed by atoms with Gasteiger partial charge in [-0.05, 0) is 41.1 Å². The van der Waals surface area contributed by atoms with E-state index in [1.54, 1.807) is 4.68 Å². The lowest BCUT2D eigenvalue weighted by Crippen LogP contribution is -2.06. The molecule has 6 heteroatoms. The number of aryl methyl sites for hydroxylation is 1. The number of hydrogen-bond donors (Lipinski definition) is 1. The van der Waals surface area contributed by atoms with Crippen LogP contribution >= 0.6 is 0 Å². The van der Waals surface area contributed by atoms with Gasteiger partial charge in [0.1, 0.15) is 6.33 Å². The van der Waals surface area contributed by atoms with Crippen molar-refractivity contribution in [1.29, 1.82) is 0 Å². The highest BCUT2D eigenvalue weighted by Crippen LogP contribution is 2.17. The largest absolute Gasteiger partial charge is 0.326 e. The van der Waals surface area contributed by atoms with Crippen LogP contribution in [-0.4, -0.2) is 26.1 Å². The van der Waals surface area contributed by atoms with Gasteiger partial charge in [0.25, 0.3) is 0 Å². The number of nitrogens with zero attached hydrogens (tertiary/aromatic N) is 4. The molecule has 0 fully saturated rings. The molecule has 6 nitrogen and oxygen atoms in total. The van der Waals surface area contributed by atoms with Crippen LogP contribution in [0.4, 0.5) is 5.69 Å². The predicted molar refractivity (Wildman–Crippen MR) is 58.2 cm³/mol. The van der Waals surface area contributed by atoms with Crippen molar-refractivity contribution < 1.29 is 4.79 Å². The summed E-state index contributed by atoms with van der Waals surface area (Å²) in [5.41, 5.74) is 2.64. The summed E-state index contributed by atoms with van der Waals surface area (Å²) in [6.45, 7) is 3.41. The molecule has 16 heavy (non-hydrogen) atoms. The fourth-order valence-electron chi connectivity index (χ4n) is 1.47. The first-order chi connectivity index (χ1) is 7.66. The molecule has 0 saturated carbocycles. The van der Waals surface area contributed by atoms with Gasteiger partial charge < -0.3 is 5.32 Å². The molecular weight excluding hydrogens is 206 g/mol. The van der Waals surface area contributed by atoms with Gasteiger partial charge in [0.05, 0.1) is 5.69 Å². The second-order valence-electron chi connectivity index (χ2n) is 3.44. The standard InChI is InChI=1S/C10H11N5O/c1-7-5-9(12-8(2)16)3-4-10(7)15-6-11-13-14-15/h3-6H,1-2H3,(H,12,16). The number of carbonyl (C=O) groups excluding carboxylic acids is 1. The Kier molecular flexibility index (Phi) is 2.63. The molecule has 1 aromatic heterocycles. The molecule has 0 aliphatic carbocycles. The molecule has 0 unspecified atom stereocenters. The molecular formula is C10H11N5O. The molecule has 0 saturated heterocycles. The summed E-state index contributed by atoms with van der Waals surface area (Å²) in [4.78, 5) is 10.9. The second-order valence-corrected chi connectivity index (χ2v) is 3.44. The van der Waals surface area contributed by atoms with Gasteiger partial charge >= 0.3 is 0 Å². The van der Waals surface area contributed by atoms with Crippen LogP contribution in [0, 0.1) is 6.92 Å². The summed E-state index contributed by atoms with van der Waals surface area (Å²) >= 11 is 0. The van der Waals surface area contributed by atoms with Crippen LogP contribution in [0.5, 0.6) is 0 Å². The minimum Gasteiger partial charge on any atom is -0.326 e. The third-order valence-corrected chi connectivity index (χ3v) is 2.11. The first kappa shape index (κ1) is 10.3. The van der Waals surface area contributed by atoms with Crippen molar-refractivity contribution in [2.75, 3.05) is 5.32 Å². The number of hydrogen-bond acceptors (Lipinski definition) is 4. The Morgan fingerprint density at radius 2 is 2.25 bits per heavy atom. The van der Waals surface area contributed by atoms with Crippen molar-refractivity contribution >= 4 is 11.6 Å². The van der Waals surface area contributed by atoms with E-state index in [4.69, 9.17) is 0 Å². The molecule has 0 atom stereocenters. The van der Waals surface area contributed by atoms with E-state index >= 15 is 0 Å². The van der Waals surface area contributed by atoms with Gasteiger partial charge in [-0.2, -0.15) is 0 Å². The molecule has 1 N–H and O–H groups in total. The maximum atomic E-state index is 10.9. The molecule has 2 aromatic rings. The lowest BCUT2D eigenvalue weighted by molar-refractivity contribution is -0.114. The molecule has 1 amide bonds. The maximum absolute atomic E-state index is 10.9. The van der Waals surface area contributed by atoms with Gasteiger partial charge in [0.15, 0.2) is 0 Å². The summed E-state index contributed by atoms with van der Waals surface area (Å²) in [6.07, 6.45) is 1.53. The van der Waals surface area contributed by atoms with Crippen molar-refractivity contribution in [1.82, 2.24) is 20.2 Å². The zero-order valence-electron chi connectivity index (χ0n) is 9.01. The van der Waals surface area contributed by atoms with Gasteiger partial charge in [0.2, 0.25) is 5.91 Å². The monoisotopic (exact) mass is 217 g/mol. The van der Waals surface area contributed by atoms with Crippen LogP contribution in [0.2, 0.25) is 0 Å². The zero-order chi connectivity index (χ0) is 11.5. The SMILES string of the molecule is CC(=O)Nc1ccc(-n2cnnn2)c(C)c1. The van der Waals surface area contributed by atoms with Crippen LogP contribution in [-0.2, 0) is 4.79 Å². The molecule has 1 heterocycles. The number of tetrazole rings is 1. The summed E-state index contributed by atoms with van der Waals surface area (Å²) in [7, 11) is 0. The Bertz CT molecular complexity index is 506. The molecule has 0 aliphatic rings. The number of amides is 1. The maximum Gasteiger partial charge on any atom is 0.221 e. The van der Waals surface area contributed by atoms with Crippen molar-refractivity contribution in [2.45, 2.75) is 13.8 Å². The van der Waals surface area contributed by atoms with E-state index in [0.717, 1.165) is 16.9 Å². The number of rotatable bonds is 2. The summed E-state index contributed by atoms with van der Waals surface area (Å²) in [6, 6.07) is 5.54. The van der Waals surface area contributed by atoms with Crippen molar-refractivity contribution in [3.05, 3.63) is 30.1 Å². The second kappa shape index (κ2) is 4.09. The van der Waals surface area contributed by atoms with E-state index in [0.29, 0.717) is 0 Å². The number of benzene rings is 1. The Morgan fingerprint density at radius 1 is 1.44 bits per heavy atom. The minimum atomic E-state index is -0.0884. The van der Waals surface area contributed by atoms with E-state index in [2.05, 4.69) is 20.8 Å². The highest BCUT2D eigenvalue weighted by atomic mass is 16.1. The Morgan fingerprint density at radius 3 is 2.81 bits per heavy atom. The van der Waals surface area contributed by atoms with Crippen molar-refractivity contribution in [3.63, 3.8) is 0 Å². The topological polar surface area (TPSA) is 72.7 Å². The Hall–Kier alpha value is -2.24. The van der Waals surface area contributed by atoms with E-state index in [1.807, 2.05) is 25.1 Å². The molecule has 1 aromatic carbocycles. The molecule has 82 valence electrons. The van der Waals surface area contributed by atoms with Crippen LogP contribution in [0.1, 0.15) is 12.5 Å². The molecule has 0 bridgehead atoms. The fourth-order valence-corrected chi connectivity index (χ4v) is 1.47. The van der Waals surface area contributed by atoms with Crippen molar-refractivity contribution in [3.8, 4) is 5.69 Å². The zero-order valence-corrected chi connectivity index (χ0v) is 9.01. The van der Waals surface area contributed by atoms with Gasteiger partial charge in [-0.25, -0.2) is 4.68 Å². The van der Waals surface area contributed by atoms with E-state index in [9.17, 15) is 4.79 Å². The third-order valence-electron chi connectivity index (χ3n) is 2.11. The van der Waals surface area contributed by atoms with Crippen LogP contribution in [0.3, 0.4) is 0 Å². The lowest BCUT2D eigenvalue weighted by atomic mass is 10.2. The normalized spacial score (nSPS) is 10.1. The smallest absolute Gasteiger partial charge is 0.221 e. The number of nitrogens with one attached hydrogen (secondary N) is 1. The number of aromatic nitrogens is 4. The predicted octanol–water partition coefficient (Wildman–Crippen LogP) is 0.929. The number of anilines is 1. The highest BCUT2D eigenvalue weighted by Gasteiger charge is 2.04. The Labute approximate surface area is 92.3 Å². The van der Waals surface area contributed by atoms with Crippen LogP contribution < -0.4 is 5.32 Å². The first-order valence-corrected chi connectivity index (χ1v) is 4.78. The molecule has 0 radical (unpaired) electrons. The van der Waals surface area contributed by atoms with Gasteiger partial charge in [-0.15, -0.1) is 5.10 Å². The Balaban J connectivity index is 2.34. The highest BCUT2D eigenvalue weighted by molar-refractivity contribution is 5.88. The molecule has 0 aliphatic heterocycles. The number of carbonyl (C=O) groups is 1. The van der Waals surface area contributed by atoms with Crippen LogP contribution in [0.15, 0.2) is 24.5 Å². The summed E-state index contributed by atoms with van der Waals surface area (Å²) in [5, 5.41) is 13.7. The fraction of sp³-hybridized carbons (Fsp3) is 0.200. The van der Waals surface area contributed by atoms with Crippen LogP contribution in [0.25, 0.3) is 5.69 Å². The van der Waals surface area contributed by atoms with Crippen molar-refractivity contribution in [2.24, 2.45) is 0 Å². The van der Waals surface area contributed by atoms with E-state index in [1.165, 1.54) is 13.3 Å². The lowest BCUT2D eigenvalue weighted by Gasteiger charge is -2.07. The summed E-state index contributed by atoms with van der Waals surface area (Å²) < 4.78 is 1.58. The van der Waals surface area contributed by atoms with Gasteiger partial charge in [0, 0.05) is 12.6 Å².